The summed E-state index contributed by atoms with van der Waals surface area (Å²) in [5.74, 6) is -0.353. The van der Waals surface area contributed by atoms with E-state index in [2.05, 4.69) is 18.0 Å². The molecule has 3 N–H and O–H groups in total. The lowest BCUT2D eigenvalue weighted by Gasteiger charge is -2.38. The molecule has 1 atom stereocenters. The predicted molar refractivity (Wildman–Crippen MR) is 65.9 cm³/mol. The molecule has 0 saturated carbocycles. The molecule has 1 aromatic rings. The van der Waals surface area contributed by atoms with Crippen LogP contribution < -0.4 is 5.73 Å². The van der Waals surface area contributed by atoms with Crippen molar-refractivity contribution in [1.29, 1.82) is 0 Å². The largest absolute Gasteiger partial charge is 0.481 e. The molecular formula is C13H18N2O2. The maximum Gasteiger partial charge on any atom is 0.305 e. The highest BCUT2D eigenvalue weighted by atomic mass is 16.4. The van der Waals surface area contributed by atoms with Crippen LogP contribution in [0.2, 0.25) is 0 Å². The Kier molecular flexibility index (Phi) is 3.45. The standard InChI is InChI=1S/C13H18N2O2/c1-15-7-9(8-15)10-4-2-3-5-11(10)12(14)6-13(16)17/h2-5,9,12H,6-8,14H2,1H3,(H,16,17). The van der Waals surface area contributed by atoms with Crippen molar-refractivity contribution in [1.82, 2.24) is 4.90 Å². The predicted octanol–water partition coefficient (Wildman–Crippen LogP) is 1.19. The molecule has 1 aromatic carbocycles. The van der Waals surface area contributed by atoms with E-state index in [0.717, 1.165) is 18.7 Å². The highest BCUT2D eigenvalue weighted by Crippen LogP contribution is 2.31. The van der Waals surface area contributed by atoms with E-state index in [9.17, 15) is 4.79 Å². The van der Waals surface area contributed by atoms with Crippen LogP contribution in [0.3, 0.4) is 0 Å². The maximum absolute atomic E-state index is 10.7. The quantitative estimate of drug-likeness (QED) is 0.821. The Balaban J connectivity index is 2.18. The second-order valence-corrected chi connectivity index (χ2v) is 4.75. The monoisotopic (exact) mass is 234 g/mol. The number of hydrogen-bond donors (Lipinski definition) is 2. The first-order valence-electron chi connectivity index (χ1n) is 5.82. The Labute approximate surface area is 101 Å². The molecule has 0 aliphatic carbocycles. The lowest BCUT2D eigenvalue weighted by Crippen LogP contribution is -2.42. The Morgan fingerprint density at radius 3 is 2.76 bits per heavy atom. The number of nitrogens with zero attached hydrogens (tertiary/aromatic N) is 1. The number of carboxylic acids is 1. The van der Waals surface area contributed by atoms with Crippen LogP contribution in [0.5, 0.6) is 0 Å². The fraction of sp³-hybridized carbons (Fsp3) is 0.462. The molecule has 4 heteroatoms. The van der Waals surface area contributed by atoms with Gasteiger partial charge < -0.3 is 15.7 Å². The third kappa shape index (κ3) is 2.65. The summed E-state index contributed by atoms with van der Waals surface area (Å²) in [6.07, 6.45) is -0.0143. The van der Waals surface area contributed by atoms with E-state index in [1.807, 2.05) is 18.2 Å². The molecule has 0 spiro atoms. The van der Waals surface area contributed by atoms with E-state index < -0.39 is 12.0 Å². The first kappa shape index (κ1) is 12.1. The van der Waals surface area contributed by atoms with Crippen molar-refractivity contribution in [3.8, 4) is 0 Å². The third-order valence-corrected chi connectivity index (χ3v) is 3.29. The number of aliphatic carboxylic acids is 1. The number of likely N-dealkylation sites (tertiary alicyclic amines) is 1. The molecule has 17 heavy (non-hydrogen) atoms. The maximum atomic E-state index is 10.7. The molecule has 0 bridgehead atoms. The number of hydrogen-bond acceptors (Lipinski definition) is 3. The number of benzene rings is 1. The Morgan fingerprint density at radius 1 is 1.53 bits per heavy atom. The van der Waals surface area contributed by atoms with Crippen molar-refractivity contribution in [3.63, 3.8) is 0 Å². The second kappa shape index (κ2) is 4.85. The van der Waals surface area contributed by atoms with Gasteiger partial charge in [-0.2, -0.15) is 0 Å². The number of nitrogens with two attached hydrogens (primary N) is 1. The molecule has 0 aromatic heterocycles. The highest BCUT2D eigenvalue weighted by molar-refractivity contribution is 5.68. The number of carbonyl (C=O) groups is 1. The van der Waals surface area contributed by atoms with E-state index in [0.29, 0.717) is 5.92 Å². The van der Waals surface area contributed by atoms with Gasteiger partial charge in [-0.1, -0.05) is 24.3 Å². The second-order valence-electron chi connectivity index (χ2n) is 4.75. The van der Waals surface area contributed by atoms with Crippen molar-refractivity contribution in [3.05, 3.63) is 35.4 Å². The van der Waals surface area contributed by atoms with Gasteiger partial charge in [-0.05, 0) is 18.2 Å². The Bertz CT molecular complexity index is 414. The van der Waals surface area contributed by atoms with Crippen LogP contribution in [-0.4, -0.2) is 36.1 Å². The molecule has 0 amide bonds. The van der Waals surface area contributed by atoms with E-state index >= 15 is 0 Å². The minimum Gasteiger partial charge on any atom is -0.481 e. The van der Waals surface area contributed by atoms with E-state index in [1.54, 1.807) is 0 Å². The van der Waals surface area contributed by atoms with Gasteiger partial charge in [0.2, 0.25) is 0 Å². The first-order chi connectivity index (χ1) is 8.08. The molecule has 1 saturated heterocycles. The van der Waals surface area contributed by atoms with E-state index in [4.69, 9.17) is 10.8 Å². The number of likely N-dealkylation sites (N-methyl/N-ethyl adjacent to an activating group) is 1. The van der Waals surface area contributed by atoms with Gasteiger partial charge in [-0.15, -0.1) is 0 Å². The molecule has 2 rings (SSSR count). The van der Waals surface area contributed by atoms with Crippen molar-refractivity contribution < 1.29 is 9.90 Å². The highest BCUT2D eigenvalue weighted by Gasteiger charge is 2.28. The van der Waals surface area contributed by atoms with Crippen LogP contribution >= 0.6 is 0 Å². The van der Waals surface area contributed by atoms with Crippen LogP contribution in [0, 0.1) is 0 Å². The van der Waals surface area contributed by atoms with Crippen LogP contribution in [0.15, 0.2) is 24.3 Å². The molecule has 4 nitrogen and oxygen atoms in total. The molecule has 1 aliphatic rings. The normalized spacial score (nSPS) is 18.7. The number of rotatable bonds is 4. The Morgan fingerprint density at radius 2 is 2.18 bits per heavy atom. The average molecular weight is 234 g/mol. The van der Waals surface area contributed by atoms with Crippen LogP contribution in [0.4, 0.5) is 0 Å². The van der Waals surface area contributed by atoms with Gasteiger partial charge in [0.05, 0.1) is 6.42 Å². The molecular weight excluding hydrogens is 216 g/mol. The first-order valence-corrected chi connectivity index (χ1v) is 5.82. The van der Waals surface area contributed by atoms with E-state index in [-0.39, 0.29) is 6.42 Å². The smallest absolute Gasteiger partial charge is 0.305 e. The molecule has 1 heterocycles. The minimum absolute atomic E-state index is 0.0143. The zero-order valence-electron chi connectivity index (χ0n) is 9.97. The lowest BCUT2D eigenvalue weighted by atomic mass is 9.85. The van der Waals surface area contributed by atoms with Crippen molar-refractivity contribution in [2.45, 2.75) is 18.4 Å². The number of carboxylic acid groups (broad SMARTS) is 1. The minimum atomic E-state index is -0.849. The summed E-state index contributed by atoms with van der Waals surface area (Å²) >= 11 is 0. The molecule has 1 fully saturated rings. The fourth-order valence-corrected chi connectivity index (χ4v) is 2.41. The van der Waals surface area contributed by atoms with Gasteiger partial charge in [0.15, 0.2) is 0 Å². The van der Waals surface area contributed by atoms with Crippen molar-refractivity contribution in [2.24, 2.45) is 5.73 Å². The summed E-state index contributed by atoms with van der Waals surface area (Å²) < 4.78 is 0. The summed E-state index contributed by atoms with van der Waals surface area (Å²) in [6, 6.07) is 7.51. The molecule has 1 unspecified atom stereocenters. The molecule has 0 radical (unpaired) electrons. The average Bonchev–Trinajstić information content (AvgIpc) is 2.24. The topological polar surface area (TPSA) is 66.6 Å². The van der Waals surface area contributed by atoms with Gasteiger partial charge in [0.25, 0.3) is 0 Å². The zero-order chi connectivity index (χ0) is 12.4. The zero-order valence-corrected chi connectivity index (χ0v) is 9.97. The van der Waals surface area contributed by atoms with Gasteiger partial charge in [0, 0.05) is 25.0 Å². The third-order valence-electron chi connectivity index (χ3n) is 3.29. The van der Waals surface area contributed by atoms with Crippen LogP contribution in [0.25, 0.3) is 0 Å². The summed E-state index contributed by atoms with van der Waals surface area (Å²) in [7, 11) is 2.08. The van der Waals surface area contributed by atoms with Gasteiger partial charge in [0.1, 0.15) is 0 Å². The lowest BCUT2D eigenvalue weighted by molar-refractivity contribution is -0.137. The van der Waals surface area contributed by atoms with Crippen molar-refractivity contribution >= 4 is 5.97 Å². The SMILES string of the molecule is CN1CC(c2ccccc2C(N)CC(=O)O)C1. The van der Waals surface area contributed by atoms with Gasteiger partial charge >= 0.3 is 5.97 Å². The summed E-state index contributed by atoms with van der Waals surface area (Å²) in [5.41, 5.74) is 8.14. The van der Waals surface area contributed by atoms with Gasteiger partial charge in [-0.25, -0.2) is 0 Å². The van der Waals surface area contributed by atoms with Crippen LogP contribution in [0.1, 0.15) is 29.5 Å². The van der Waals surface area contributed by atoms with Crippen molar-refractivity contribution in [2.75, 3.05) is 20.1 Å². The summed E-state index contributed by atoms with van der Waals surface area (Å²) in [4.78, 5) is 13.0. The van der Waals surface area contributed by atoms with Gasteiger partial charge in [-0.3, -0.25) is 4.79 Å². The van der Waals surface area contributed by atoms with E-state index in [1.165, 1.54) is 5.56 Å². The summed E-state index contributed by atoms with van der Waals surface area (Å²) in [5, 5.41) is 8.80. The molecule has 1 aliphatic heterocycles. The fourth-order valence-electron chi connectivity index (χ4n) is 2.41. The summed E-state index contributed by atoms with van der Waals surface area (Å²) in [6.45, 7) is 2.05. The van der Waals surface area contributed by atoms with Crippen LogP contribution in [-0.2, 0) is 4.79 Å². The Hall–Kier alpha value is -1.39. The molecule has 92 valence electrons.